The molecule has 25 heavy (non-hydrogen) atoms. The fourth-order valence-electron chi connectivity index (χ4n) is 3.76. The van der Waals surface area contributed by atoms with Crippen molar-refractivity contribution in [2.75, 3.05) is 0 Å². The van der Waals surface area contributed by atoms with Gasteiger partial charge >= 0.3 is 0 Å². The van der Waals surface area contributed by atoms with Crippen molar-refractivity contribution in [3.05, 3.63) is 95.0 Å². The Morgan fingerprint density at radius 3 is 2.20 bits per heavy atom. The van der Waals surface area contributed by atoms with E-state index >= 15 is 0 Å². The molecule has 0 amide bonds. The van der Waals surface area contributed by atoms with Gasteiger partial charge in [-0.2, -0.15) is 0 Å². The lowest BCUT2D eigenvalue weighted by Gasteiger charge is -2.09. The molecule has 4 aromatic carbocycles. The largest absolute Gasteiger partial charge is 0.289 e. The summed E-state index contributed by atoms with van der Waals surface area (Å²) in [5.74, 6) is 0.0984. The molecule has 0 saturated heterocycles. The Morgan fingerprint density at radius 2 is 1.36 bits per heavy atom. The Balaban J connectivity index is 1.84. The third-order valence-corrected chi connectivity index (χ3v) is 5.14. The van der Waals surface area contributed by atoms with Crippen LogP contribution >= 0.6 is 11.6 Å². The van der Waals surface area contributed by atoms with Gasteiger partial charge in [0.15, 0.2) is 5.78 Å². The fraction of sp³-hybridized carbons (Fsp3) is 0. The predicted octanol–water partition coefficient (Wildman–Crippen LogP) is 6.37. The Labute approximate surface area is 150 Å². The number of benzene rings is 4. The van der Waals surface area contributed by atoms with E-state index in [0.717, 1.165) is 44.2 Å². The van der Waals surface area contributed by atoms with Gasteiger partial charge in [0.2, 0.25) is 0 Å². The minimum Gasteiger partial charge on any atom is -0.289 e. The average molecular weight is 341 g/mol. The van der Waals surface area contributed by atoms with Gasteiger partial charge in [0.1, 0.15) is 0 Å². The van der Waals surface area contributed by atoms with Crippen molar-refractivity contribution >= 4 is 28.2 Å². The van der Waals surface area contributed by atoms with E-state index in [9.17, 15) is 4.79 Å². The van der Waals surface area contributed by atoms with Gasteiger partial charge in [0, 0.05) is 21.7 Å². The van der Waals surface area contributed by atoms with Crippen molar-refractivity contribution in [3.63, 3.8) is 0 Å². The molecule has 0 aliphatic heterocycles. The first kappa shape index (κ1) is 14.4. The molecule has 1 nitrogen and oxygen atoms in total. The lowest BCUT2D eigenvalue weighted by atomic mass is 9.94. The van der Waals surface area contributed by atoms with E-state index in [0.29, 0.717) is 5.02 Å². The van der Waals surface area contributed by atoms with Gasteiger partial charge < -0.3 is 0 Å². The van der Waals surface area contributed by atoms with Crippen molar-refractivity contribution in [1.82, 2.24) is 0 Å². The van der Waals surface area contributed by atoms with Crippen molar-refractivity contribution in [2.24, 2.45) is 0 Å². The highest BCUT2D eigenvalue weighted by Gasteiger charge is 2.30. The van der Waals surface area contributed by atoms with Gasteiger partial charge in [-0.3, -0.25) is 4.79 Å². The fourth-order valence-corrected chi connectivity index (χ4v) is 3.89. The highest BCUT2D eigenvalue weighted by Crippen LogP contribution is 2.44. The van der Waals surface area contributed by atoms with E-state index in [2.05, 4.69) is 12.1 Å². The van der Waals surface area contributed by atoms with Gasteiger partial charge in [-0.05, 0) is 45.7 Å². The zero-order valence-corrected chi connectivity index (χ0v) is 14.0. The van der Waals surface area contributed by atoms with E-state index in [1.807, 2.05) is 66.7 Å². The van der Waals surface area contributed by atoms with Crippen LogP contribution in [-0.4, -0.2) is 5.78 Å². The maximum Gasteiger partial charge on any atom is 0.194 e. The SMILES string of the molecule is O=C1c2ccc3ccccc3c2-c2cccc(-c3ccc(Cl)cc3)c21. The van der Waals surface area contributed by atoms with Gasteiger partial charge in [-0.1, -0.05) is 72.3 Å². The summed E-state index contributed by atoms with van der Waals surface area (Å²) in [4.78, 5) is 13.2. The molecule has 0 fully saturated rings. The number of ketones is 1. The molecule has 0 unspecified atom stereocenters. The van der Waals surface area contributed by atoms with Crippen molar-refractivity contribution in [1.29, 1.82) is 0 Å². The molecule has 0 N–H and O–H groups in total. The molecule has 0 spiro atoms. The average Bonchev–Trinajstić information content (AvgIpc) is 2.96. The molecule has 2 heteroatoms. The van der Waals surface area contributed by atoms with Crippen LogP contribution in [0.4, 0.5) is 0 Å². The number of rotatable bonds is 1. The monoisotopic (exact) mass is 340 g/mol. The van der Waals surface area contributed by atoms with Crippen LogP contribution in [0.1, 0.15) is 15.9 Å². The normalized spacial score (nSPS) is 12.3. The number of carbonyl (C=O) groups is 1. The Bertz CT molecular complexity index is 1160. The van der Waals surface area contributed by atoms with Gasteiger partial charge in [0.25, 0.3) is 0 Å². The van der Waals surface area contributed by atoms with Crippen molar-refractivity contribution < 1.29 is 4.79 Å². The summed E-state index contributed by atoms with van der Waals surface area (Å²) in [6.07, 6.45) is 0. The van der Waals surface area contributed by atoms with Crippen LogP contribution in [0.25, 0.3) is 33.0 Å². The summed E-state index contributed by atoms with van der Waals surface area (Å²) in [5.41, 5.74) is 5.61. The molecule has 1 aliphatic rings. The van der Waals surface area contributed by atoms with Gasteiger partial charge in [0.05, 0.1) is 0 Å². The highest BCUT2D eigenvalue weighted by atomic mass is 35.5. The maximum absolute atomic E-state index is 13.2. The van der Waals surface area contributed by atoms with Gasteiger partial charge in [-0.25, -0.2) is 0 Å². The molecule has 0 radical (unpaired) electrons. The summed E-state index contributed by atoms with van der Waals surface area (Å²) < 4.78 is 0. The first-order valence-electron chi connectivity index (χ1n) is 8.20. The van der Waals surface area contributed by atoms with Crippen LogP contribution < -0.4 is 0 Å². The minimum absolute atomic E-state index is 0.0984. The van der Waals surface area contributed by atoms with E-state index < -0.39 is 0 Å². The number of hydrogen-bond donors (Lipinski definition) is 0. The van der Waals surface area contributed by atoms with Crippen LogP contribution in [0.2, 0.25) is 5.02 Å². The zero-order valence-electron chi connectivity index (χ0n) is 13.3. The lowest BCUT2D eigenvalue weighted by Crippen LogP contribution is -1.98. The number of fused-ring (bicyclic) bond motifs is 5. The highest BCUT2D eigenvalue weighted by molar-refractivity contribution is 6.31. The van der Waals surface area contributed by atoms with E-state index in [-0.39, 0.29) is 5.78 Å². The summed E-state index contributed by atoms with van der Waals surface area (Å²) in [5, 5.41) is 2.97. The Morgan fingerprint density at radius 1 is 0.600 bits per heavy atom. The number of halogens is 1. The predicted molar refractivity (Wildman–Crippen MR) is 103 cm³/mol. The third-order valence-electron chi connectivity index (χ3n) is 4.89. The van der Waals surface area contributed by atoms with Crippen LogP contribution in [-0.2, 0) is 0 Å². The quantitative estimate of drug-likeness (QED) is 0.346. The summed E-state index contributed by atoms with van der Waals surface area (Å²) in [6.45, 7) is 0. The van der Waals surface area contributed by atoms with Crippen LogP contribution in [0.5, 0.6) is 0 Å². The standard InChI is InChI=1S/C23H13ClO/c24-16-11-8-15(9-12-16)18-6-3-7-19-21-17-5-2-1-4-14(17)10-13-20(21)23(25)22(18)19/h1-13H. The second-order valence-electron chi connectivity index (χ2n) is 6.27. The first-order valence-corrected chi connectivity index (χ1v) is 8.57. The lowest BCUT2D eigenvalue weighted by molar-refractivity contribution is 0.104. The van der Waals surface area contributed by atoms with E-state index in [1.54, 1.807) is 0 Å². The summed E-state index contributed by atoms with van der Waals surface area (Å²) in [7, 11) is 0. The molecule has 0 atom stereocenters. The molecule has 0 bridgehead atoms. The van der Waals surface area contributed by atoms with Crippen molar-refractivity contribution in [2.45, 2.75) is 0 Å². The molecule has 4 aromatic rings. The maximum atomic E-state index is 13.2. The molecule has 5 rings (SSSR count). The minimum atomic E-state index is 0.0984. The smallest absolute Gasteiger partial charge is 0.194 e. The molecule has 0 heterocycles. The zero-order chi connectivity index (χ0) is 17.0. The number of hydrogen-bond acceptors (Lipinski definition) is 1. The van der Waals surface area contributed by atoms with E-state index in [4.69, 9.17) is 11.6 Å². The Hall–Kier alpha value is -2.90. The Kier molecular flexibility index (Phi) is 3.06. The second kappa shape index (κ2) is 5.30. The third kappa shape index (κ3) is 2.06. The van der Waals surface area contributed by atoms with E-state index in [1.165, 1.54) is 0 Å². The molecular formula is C23H13ClO. The molecule has 118 valence electrons. The van der Waals surface area contributed by atoms with Crippen LogP contribution in [0.3, 0.4) is 0 Å². The van der Waals surface area contributed by atoms with Crippen molar-refractivity contribution in [3.8, 4) is 22.3 Å². The van der Waals surface area contributed by atoms with Gasteiger partial charge in [-0.15, -0.1) is 0 Å². The molecule has 0 aromatic heterocycles. The topological polar surface area (TPSA) is 17.1 Å². The molecule has 1 aliphatic carbocycles. The summed E-state index contributed by atoms with van der Waals surface area (Å²) >= 11 is 6.02. The second-order valence-corrected chi connectivity index (χ2v) is 6.71. The summed E-state index contributed by atoms with van der Waals surface area (Å²) in [6, 6.07) is 25.9. The molecule has 0 saturated carbocycles. The first-order chi connectivity index (χ1) is 12.2. The van der Waals surface area contributed by atoms with Crippen LogP contribution in [0.15, 0.2) is 78.9 Å². The number of carbonyl (C=O) groups excluding carboxylic acids is 1. The molecular weight excluding hydrogens is 328 g/mol. The van der Waals surface area contributed by atoms with Crippen LogP contribution in [0, 0.1) is 0 Å².